The topological polar surface area (TPSA) is 58.4 Å². The molecule has 0 heterocycles. The van der Waals surface area contributed by atoms with Gasteiger partial charge in [-0.05, 0) is 29.9 Å². The SMILES string of the molecule is CC(C)CC(NC1CC(N)c2ccccc21)C(=O)N(C)C. The highest BCUT2D eigenvalue weighted by Gasteiger charge is 2.32. The summed E-state index contributed by atoms with van der Waals surface area (Å²) in [6.07, 6.45) is 1.69. The van der Waals surface area contributed by atoms with E-state index in [4.69, 9.17) is 5.73 Å². The van der Waals surface area contributed by atoms with Gasteiger partial charge in [0.05, 0.1) is 6.04 Å². The van der Waals surface area contributed by atoms with Crippen molar-refractivity contribution in [3.63, 3.8) is 0 Å². The van der Waals surface area contributed by atoms with Gasteiger partial charge in [0, 0.05) is 26.2 Å². The minimum absolute atomic E-state index is 0.0628. The molecule has 1 aromatic rings. The zero-order valence-electron chi connectivity index (χ0n) is 13.5. The summed E-state index contributed by atoms with van der Waals surface area (Å²) in [5.41, 5.74) is 8.66. The molecule has 1 amide bonds. The molecule has 1 aliphatic rings. The lowest BCUT2D eigenvalue weighted by atomic mass is 10.0. The zero-order valence-corrected chi connectivity index (χ0v) is 13.5. The molecule has 21 heavy (non-hydrogen) atoms. The molecule has 116 valence electrons. The molecule has 0 fully saturated rings. The number of fused-ring (bicyclic) bond motifs is 1. The molecule has 3 unspecified atom stereocenters. The maximum Gasteiger partial charge on any atom is 0.239 e. The van der Waals surface area contributed by atoms with Gasteiger partial charge in [0.15, 0.2) is 0 Å². The number of carbonyl (C=O) groups is 1. The van der Waals surface area contributed by atoms with Crippen molar-refractivity contribution in [1.82, 2.24) is 10.2 Å². The molecule has 0 bridgehead atoms. The van der Waals surface area contributed by atoms with Crippen LogP contribution in [0.5, 0.6) is 0 Å². The molecule has 3 N–H and O–H groups in total. The third-order valence-corrected chi connectivity index (χ3v) is 4.11. The highest BCUT2D eigenvalue weighted by Crippen LogP contribution is 2.37. The van der Waals surface area contributed by atoms with Crippen molar-refractivity contribution < 1.29 is 4.79 Å². The van der Waals surface area contributed by atoms with E-state index in [2.05, 4.69) is 31.3 Å². The van der Waals surface area contributed by atoms with Gasteiger partial charge in [0.1, 0.15) is 0 Å². The van der Waals surface area contributed by atoms with Crippen LogP contribution in [0.3, 0.4) is 0 Å². The van der Waals surface area contributed by atoms with Gasteiger partial charge in [-0.3, -0.25) is 10.1 Å². The maximum absolute atomic E-state index is 12.4. The van der Waals surface area contributed by atoms with Crippen LogP contribution in [0.15, 0.2) is 24.3 Å². The van der Waals surface area contributed by atoms with Crippen LogP contribution in [-0.2, 0) is 4.79 Å². The predicted molar refractivity (Wildman–Crippen MR) is 85.8 cm³/mol. The molecule has 4 heteroatoms. The second kappa shape index (κ2) is 6.58. The Kier molecular flexibility index (Phi) is 5.01. The van der Waals surface area contributed by atoms with Crippen LogP contribution in [0, 0.1) is 5.92 Å². The van der Waals surface area contributed by atoms with Crippen molar-refractivity contribution in [1.29, 1.82) is 0 Å². The summed E-state index contributed by atoms with van der Waals surface area (Å²) < 4.78 is 0. The quantitative estimate of drug-likeness (QED) is 0.874. The molecule has 0 aliphatic heterocycles. The van der Waals surface area contributed by atoms with E-state index in [1.54, 1.807) is 4.90 Å². The first-order valence-electron chi connectivity index (χ1n) is 7.71. The number of rotatable bonds is 5. The molecule has 0 spiro atoms. The van der Waals surface area contributed by atoms with Crippen molar-refractivity contribution in [3.8, 4) is 0 Å². The predicted octanol–water partition coefficient (Wildman–Crippen LogP) is 2.22. The first-order valence-corrected chi connectivity index (χ1v) is 7.71. The van der Waals surface area contributed by atoms with Crippen molar-refractivity contribution in [2.45, 2.75) is 44.8 Å². The lowest BCUT2D eigenvalue weighted by Gasteiger charge is -2.27. The van der Waals surface area contributed by atoms with Gasteiger partial charge in [-0.25, -0.2) is 0 Å². The van der Waals surface area contributed by atoms with Crippen LogP contribution < -0.4 is 11.1 Å². The van der Waals surface area contributed by atoms with Gasteiger partial charge in [0.2, 0.25) is 5.91 Å². The number of benzene rings is 1. The van der Waals surface area contributed by atoms with Crippen LogP contribution >= 0.6 is 0 Å². The smallest absolute Gasteiger partial charge is 0.239 e. The summed E-state index contributed by atoms with van der Waals surface area (Å²) in [7, 11) is 3.62. The molecule has 0 saturated heterocycles. The molecule has 1 aliphatic carbocycles. The molecule has 2 rings (SSSR count). The summed E-state index contributed by atoms with van der Waals surface area (Å²) in [5, 5.41) is 3.54. The fourth-order valence-corrected chi connectivity index (χ4v) is 3.10. The average molecular weight is 289 g/mol. The Morgan fingerprint density at radius 2 is 1.95 bits per heavy atom. The van der Waals surface area contributed by atoms with Crippen LogP contribution in [0.1, 0.15) is 49.9 Å². The van der Waals surface area contributed by atoms with Gasteiger partial charge in [-0.15, -0.1) is 0 Å². The number of carbonyl (C=O) groups excluding carboxylic acids is 1. The minimum Gasteiger partial charge on any atom is -0.347 e. The van der Waals surface area contributed by atoms with Crippen molar-refractivity contribution >= 4 is 5.91 Å². The highest BCUT2D eigenvalue weighted by molar-refractivity contribution is 5.81. The van der Waals surface area contributed by atoms with Gasteiger partial charge in [0.25, 0.3) is 0 Å². The number of likely N-dealkylation sites (N-methyl/N-ethyl adjacent to an activating group) is 1. The Bertz CT molecular complexity index is 499. The third kappa shape index (κ3) is 3.63. The monoisotopic (exact) mass is 289 g/mol. The van der Waals surface area contributed by atoms with Crippen LogP contribution in [-0.4, -0.2) is 30.9 Å². The largest absolute Gasteiger partial charge is 0.347 e. The lowest BCUT2D eigenvalue weighted by molar-refractivity contribution is -0.131. The Labute approximate surface area is 127 Å². The Hall–Kier alpha value is -1.39. The number of nitrogens with two attached hydrogens (primary N) is 1. The van der Waals surface area contributed by atoms with Gasteiger partial charge >= 0.3 is 0 Å². The van der Waals surface area contributed by atoms with E-state index in [1.165, 1.54) is 11.1 Å². The van der Waals surface area contributed by atoms with E-state index >= 15 is 0 Å². The minimum atomic E-state index is -0.150. The average Bonchev–Trinajstić information content (AvgIpc) is 2.74. The van der Waals surface area contributed by atoms with Crippen molar-refractivity contribution in [3.05, 3.63) is 35.4 Å². The second-order valence-corrected chi connectivity index (χ2v) is 6.61. The fraction of sp³-hybridized carbons (Fsp3) is 0.588. The number of hydrogen-bond acceptors (Lipinski definition) is 3. The molecular formula is C17H27N3O. The van der Waals surface area contributed by atoms with E-state index in [-0.39, 0.29) is 24.0 Å². The van der Waals surface area contributed by atoms with Crippen LogP contribution in [0.2, 0.25) is 0 Å². The number of nitrogens with one attached hydrogen (secondary N) is 1. The Morgan fingerprint density at radius 3 is 2.52 bits per heavy atom. The lowest BCUT2D eigenvalue weighted by Crippen LogP contribution is -2.45. The maximum atomic E-state index is 12.4. The number of nitrogens with zero attached hydrogens (tertiary/aromatic N) is 1. The van der Waals surface area contributed by atoms with Gasteiger partial charge in [-0.1, -0.05) is 38.1 Å². The fourth-order valence-electron chi connectivity index (χ4n) is 3.10. The summed E-state index contributed by atoms with van der Waals surface area (Å²) in [6.45, 7) is 4.29. The first kappa shape index (κ1) is 16.0. The summed E-state index contributed by atoms with van der Waals surface area (Å²) in [4.78, 5) is 14.1. The molecular weight excluding hydrogens is 262 g/mol. The summed E-state index contributed by atoms with van der Waals surface area (Å²) in [6, 6.07) is 8.35. The van der Waals surface area contributed by atoms with Crippen molar-refractivity contribution in [2.24, 2.45) is 11.7 Å². The summed E-state index contributed by atoms with van der Waals surface area (Å²) >= 11 is 0. The number of amides is 1. The molecule has 0 radical (unpaired) electrons. The summed E-state index contributed by atoms with van der Waals surface area (Å²) in [5.74, 6) is 0.610. The normalized spacial score (nSPS) is 22.2. The molecule has 4 nitrogen and oxygen atoms in total. The first-order chi connectivity index (χ1) is 9.90. The molecule has 1 aromatic carbocycles. The molecule has 3 atom stereocenters. The van der Waals surface area contributed by atoms with Gasteiger partial charge in [-0.2, -0.15) is 0 Å². The molecule has 0 saturated carbocycles. The van der Waals surface area contributed by atoms with E-state index in [1.807, 2.05) is 26.2 Å². The standard InChI is InChI=1S/C17H27N3O/c1-11(2)9-16(17(21)20(3)4)19-15-10-14(18)12-7-5-6-8-13(12)15/h5-8,11,14-16,19H,9-10,18H2,1-4H3. The second-order valence-electron chi connectivity index (χ2n) is 6.61. The number of hydrogen-bond donors (Lipinski definition) is 2. The Balaban J connectivity index is 2.16. The highest BCUT2D eigenvalue weighted by atomic mass is 16.2. The van der Waals surface area contributed by atoms with Crippen LogP contribution in [0.25, 0.3) is 0 Å². The van der Waals surface area contributed by atoms with E-state index in [9.17, 15) is 4.79 Å². The van der Waals surface area contributed by atoms with Gasteiger partial charge < -0.3 is 10.6 Å². The van der Waals surface area contributed by atoms with Crippen LogP contribution in [0.4, 0.5) is 0 Å². The van der Waals surface area contributed by atoms with E-state index < -0.39 is 0 Å². The Morgan fingerprint density at radius 1 is 1.33 bits per heavy atom. The van der Waals surface area contributed by atoms with E-state index in [0.29, 0.717) is 5.92 Å². The van der Waals surface area contributed by atoms with Crippen molar-refractivity contribution in [2.75, 3.05) is 14.1 Å². The van der Waals surface area contributed by atoms with E-state index in [0.717, 1.165) is 12.8 Å². The third-order valence-electron chi connectivity index (χ3n) is 4.11. The molecule has 0 aromatic heterocycles. The zero-order chi connectivity index (χ0) is 15.6.